The highest BCUT2D eigenvalue weighted by molar-refractivity contribution is 7.14. The Hall–Kier alpha value is -1.07. The van der Waals surface area contributed by atoms with E-state index in [1.54, 1.807) is 6.07 Å². The highest BCUT2D eigenvalue weighted by atomic mass is 35.5. The largest absolute Gasteiger partial charge is 0.365 e. The van der Waals surface area contributed by atoms with Crippen molar-refractivity contribution in [3.05, 3.63) is 20.8 Å². The molecule has 0 saturated heterocycles. The van der Waals surface area contributed by atoms with Gasteiger partial charge in [0.1, 0.15) is 4.88 Å². The second-order valence-electron chi connectivity index (χ2n) is 5.33. The van der Waals surface area contributed by atoms with Crippen LogP contribution in [0.15, 0.2) is 6.07 Å². The number of hydrogen-bond acceptors (Lipinski definition) is 3. The van der Waals surface area contributed by atoms with E-state index >= 15 is 0 Å². The maximum absolute atomic E-state index is 12.0. The molecule has 1 atom stereocenters. The van der Waals surface area contributed by atoms with E-state index in [4.69, 9.17) is 17.3 Å². The van der Waals surface area contributed by atoms with Crippen LogP contribution in [0.1, 0.15) is 59.6 Å². The average molecular weight is 315 g/mol. The van der Waals surface area contributed by atoms with Crippen LogP contribution in [0.25, 0.3) is 0 Å². The molecule has 1 unspecified atom stereocenters. The van der Waals surface area contributed by atoms with Gasteiger partial charge in [0.2, 0.25) is 5.91 Å². The number of primary amides is 1. The lowest BCUT2D eigenvalue weighted by Gasteiger charge is -2.14. The minimum Gasteiger partial charge on any atom is -0.365 e. The van der Waals surface area contributed by atoms with Crippen LogP contribution in [0.2, 0.25) is 5.02 Å². The van der Waals surface area contributed by atoms with Crippen LogP contribution in [0.5, 0.6) is 0 Å². The third-order valence-corrected chi connectivity index (χ3v) is 5.43. The van der Waals surface area contributed by atoms with E-state index in [0.717, 1.165) is 17.7 Å². The minimum absolute atomic E-state index is 0.0644. The van der Waals surface area contributed by atoms with E-state index < -0.39 is 5.91 Å². The zero-order valence-corrected chi connectivity index (χ0v) is 13.0. The number of amides is 2. The Bertz CT molecular complexity index is 509. The number of halogens is 1. The SMILES string of the molecule is CC(NC(=O)CC1CCCC1)c1cc(Cl)c(C(N)=O)s1. The van der Waals surface area contributed by atoms with Crippen molar-refractivity contribution in [1.29, 1.82) is 0 Å². The minimum atomic E-state index is -0.532. The molecule has 1 aliphatic carbocycles. The van der Waals surface area contributed by atoms with Crippen LogP contribution in [-0.4, -0.2) is 11.8 Å². The van der Waals surface area contributed by atoms with Crippen LogP contribution in [0.3, 0.4) is 0 Å². The van der Waals surface area contributed by atoms with Gasteiger partial charge in [-0.15, -0.1) is 11.3 Å². The third-order valence-electron chi connectivity index (χ3n) is 3.68. The smallest absolute Gasteiger partial charge is 0.260 e. The number of thiophene rings is 1. The van der Waals surface area contributed by atoms with E-state index in [1.807, 2.05) is 6.92 Å². The molecular formula is C14H19ClN2O2S. The second-order valence-corrected chi connectivity index (χ2v) is 6.82. The number of nitrogens with one attached hydrogen (secondary N) is 1. The van der Waals surface area contributed by atoms with Gasteiger partial charge >= 0.3 is 0 Å². The molecule has 2 amide bonds. The Labute approximate surface area is 127 Å². The third kappa shape index (κ3) is 3.73. The van der Waals surface area contributed by atoms with Gasteiger partial charge in [0, 0.05) is 11.3 Å². The molecule has 0 aliphatic heterocycles. The van der Waals surface area contributed by atoms with Gasteiger partial charge in [0.15, 0.2) is 0 Å². The molecule has 6 heteroatoms. The molecule has 20 heavy (non-hydrogen) atoms. The Kier molecular flexibility index (Phi) is 5.05. The first-order valence-corrected chi connectivity index (χ1v) is 8.05. The number of carbonyl (C=O) groups is 2. The van der Waals surface area contributed by atoms with Crippen molar-refractivity contribution < 1.29 is 9.59 Å². The van der Waals surface area contributed by atoms with Crippen molar-refractivity contribution >= 4 is 34.8 Å². The predicted octanol–water partition coefficient (Wildman–Crippen LogP) is 3.26. The molecule has 1 fully saturated rings. The number of nitrogens with two attached hydrogens (primary N) is 1. The summed E-state index contributed by atoms with van der Waals surface area (Å²) in [4.78, 5) is 24.3. The molecular weight excluding hydrogens is 296 g/mol. The molecule has 0 bridgehead atoms. The normalized spacial score (nSPS) is 17.1. The summed E-state index contributed by atoms with van der Waals surface area (Å²) >= 11 is 7.19. The molecule has 4 nitrogen and oxygen atoms in total. The molecule has 3 N–H and O–H groups in total. The molecule has 0 spiro atoms. The molecule has 1 saturated carbocycles. The van der Waals surface area contributed by atoms with E-state index in [9.17, 15) is 9.59 Å². The molecule has 2 rings (SSSR count). The lowest BCUT2D eigenvalue weighted by molar-refractivity contribution is -0.122. The van der Waals surface area contributed by atoms with E-state index in [2.05, 4.69) is 5.32 Å². The summed E-state index contributed by atoms with van der Waals surface area (Å²) < 4.78 is 0. The van der Waals surface area contributed by atoms with Crippen molar-refractivity contribution in [1.82, 2.24) is 5.32 Å². The summed E-state index contributed by atoms with van der Waals surface area (Å²) in [6, 6.07) is 1.55. The average Bonchev–Trinajstić information content (AvgIpc) is 2.98. The zero-order chi connectivity index (χ0) is 14.7. The summed E-state index contributed by atoms with van der Waals surface area (Å²) in [6.45, 7) is 1.89. The van der Waals surface area contributed by atoms with Crippen LogP contribution in [0.4, 0.5) is 0 Å². The maximum atomic E-state index is 12.0. The Morgan fingerprint density at radius 3 is 2.70 bits per heavy atom. The van der Waals surface area contributed by atoms with Gasteiger partial charge in [-0.25, -0.2) is 0 Å². The highest BCUT2D eigenvalue weighted by Gasteiger charge is 2.21. The molecule has 110 valence electrons. The molecule has 1 aliphatic rings. The topological polar surface area (TPSA) is 72.2 Å². The lowest BCUT2D eigenvalue weighted by atomic mass is 10.0. The van der Waals surface area contributed by atoms with E-state index in [0.29, 0.717) is 22.2 Å². The first kappa shape index (κ1) is 15.3. The highest BCUT2D eigenvalue weighted by Crippen LogP contribution is 2.31. The number of carbonyl (C=O) groups excluding carboxylic acids is 2. The van der Waals surface area contributed by atoms with Gasteiger partial charge in [-0.2, -0.15) is 0 Å². The van der Waals surface area contributed by atoms with Gasteiger partial charge in [0.05, 0.1) is 11.1 Å². The number of hydrogen-bond donors (Lipinski definition) is 2. The first-order valence-electron chi connectivity index (χ1n) is 6.85. The fraction of sp³-hybridized carbons (Fsp3) is 0.571. The molecule has 1 aromatic rings. The monoisotopic (exact) mass is 314 g/mol. The fourth-order valence-corrected chi connectivity index (χ4v) is 3.91. The summed E-state index contributed by atoms with van der Waals surface area (Å²) in [5.41, 5.74) is 5.24. The van der Waals surface area contributed by atoms with Gasteiger partial charge in [-0.05, 0) is 31.7 Å². The Morgan fingerprint density at radius 2 is 2.15 bits per heavy atom. The van der Waals surface area contributed by atoms with Gasteiger partial charge in [-0.3, -0.25) is 9.59 Å². The van der Waals surface area contributed by atoms with Gasteiger partial charge in [-0.1, -0.05) is 24.4 Å². The zero-order valence-electron chi connectivity index (χ0n) is 11.4. The predicted molar refractivity (Wildman–Crippen MR) is 81.0 cm³/mol. The van der Waals surface area contributed by atoms with Crippen LogP contribution >= 0.6 is 22.9 Å². The van der Waals surface area contributed by atoms with Gasteiger partial charge < -0.3 is 11.1 Å². The molecule has 0 aromatic carbocycles. The maximum Gasteiger partial charge on any atom is 0.260 e. The van der Waals surface area contributed by atoms with Gasteiger partial charge in [0.25, 0.3) is 5.91 Å². The Morgan fingerprint density at radius 1 is 1.50 bits per heavy atom. The van der Waals surface area contributed by atoms with Crippen molar-refractivity contribution in [3.8, 4) is 0 Å². The molecule has 0 radical (unpaired) electrons. The van der Waals surface area contributed by atoms with Crippen molar-refractivity contribution in [2.75, 3.05) is 0 Å². The summed E-state index contributed by atoms with van der Waals surface area (Å²) in [5.74, 6) is 0.0561. The molecule has 1 aromatic heterocycles. The summed E-state index contributed by atoms with van der Waals surface area (Å²) in [7, 11) is 0. The fourth-order valence-electron chi connectivity index (χ4n) is 2.62. The standard InChI is InChI=1S/C14H19ClN2O2S/c1-8(11-7-10(15)13(20-11)14(16)19)17-12(18)6-9-4-2-3-5-9/h7-9H,2-6H2,1H3,(H2,16,19)(H,17,18). The second kappa shape index (κ2) is 6.59. The van der Waals surface area contributed by atoms with Crippen molar-refractivity contribution in [3.63, 3.8) is 0 Å². The van der Waals surface area contributed by atoms with Crippen molar-refractivity contribution in [2.24, 2.45) is 11.7 Å². The Balaban J connectivity index is 1.93. The molecule has 1 heterocycles. The number of rotatable bonds is 5. The summed E-state index contributed by atoms with van der Waals surface area (Å²) in [6.07, 6.45) is 5.36. The first-order chi connectivity index (χ1) is 9.47. The van der Waals surface area contributed by atoms with Crippen LogP contribution in [-0.2, 0) is 4.79 Å². The van der Waals surface area contributed by atoms with Crippen LogP contribution in [0, 0.1) is 5.92 Å². The quantitative estimate of drug-likeness (QED) is 0.875. The van der Waals surface area contributed by atoms with E-state index in [1.165, 1.54) is 24.2 Å². The van der Waals surface area contributed by atoms with E-state index in [-0.39, 0.29) is 11.9 Å². The van der Waals surface area contributed by atoms with Crippen molar-refractivity contribution in [2.45, 2.75) is 45.1 Å². The van der Waals surface area contributed by atoms with Crippen LogP contribution < -0.4 is 11.1 Å². The summed E-state index contributed by atoms with van der Waals surface area (Å²) in [5, 5.41) is 3.32. The lowest BCUT2D eigenvalue weighted by Crippen LogP contribution is -2.27.